The first-order valence-corrected chi connectivity index (χ1v) is 9.90. The fourth-order valence-electron chi connectivity index (χ4n) is 3.87. The molecule has 4 rings (SSSR count). The number of carbonyl (C=O) groups excluding carboxylic acids is 1. The zero-order valence-corrected chi connectivity index (χ0v) is 16.8. The van der Waals surface area contributed by atoms with Crippen molar-refractivity contribution in [2.24, 2.45) is 0 Å². The molecule has 0 spiro atoms. The van der Waals surface area contributed by atoms with Gasteiger partial charge in [0.15, 0.2) is 0 Å². The molecule has 2 heterocycles. The summed E-state index contributed by atoms with van der Waals surface area (Å²) in [7, 11) is 1.68. The number of aromatic nitrogens is 2. The minimum Gasteiger partial charge on any atom is -0.497 e. The van der Waals surface area contributed by atoms with Gasteiger partial charge in [-0.1, -0.05) is 30.3 Å². The summed E-state index contributed by atoms with van der Waals surface area (Å²) in [6.45, 7) is 4.18. The van der Waals surface area contributed by atoms with Gasteiger partial charge in [0.1, 0.15) is 5.75 Å². The van der Waals surface area contributed by atoms with E-state index in [1.807, 2.05) is 41.1 Å². The third kappa shape index (κ3) is 4.49. The smallest absolute Gasteiger partial charge is 0.217 e. The standard InChI is InChI=1S/C23H26N4O2/c1-17(28)24-20-11-12-26(16-20)14-19-15-27(21-8-4-3-5-9-21)25-23(19)18-7-6-10-22(13-18)29-2/h3-10,13,15,20H,11-12,14,16H2,1-2H3,(H,24,28)/t20-/m0/s1. The number of nitrogens with zero attached hydrogens (tertiary/aromatic N) is 3. The number of para-hydroxylation sites is 1. The van der Waals surface area contributed by atoms with E-state index in [2.05, 4.69) is 34.6 Å². The van der Waals surface area contributed by atoms with Gasteiger partial charge in [-0.2, -0.15) is 5.10 Å². The molecule has 1 N–H and O–H groups in total. The van der Waals surface area contributed by atoms with Crippen LogP contribution in [0.25, 0.3) is 16.9 Å². The average Bonchev–Trinajstić information content (AvgIpc) is 3.35. The second-order valence-corrected chi connectivity index (χ2v) is 7.44. The van der Waals surface area contributed by atoms with Crippen molar-refractivity contribution in [3.63, 3.8) is 0 Å². The SMILES string of the molecule is COc1cccc(-c2nn(-c3ccccc3)cc2CN2CC[C@H](NC(C)=O)C2)c1. The van der Waals surface area contributed by atoms with Crippen molar-refractivity contribution in [3.8, 4) is 22.7 Å². The molecular weight excluding hydrogens is 364 g/mol. The monoisotopic (exact) mass is 390 g/mol. The van der Waals surface area contributed by atoms with Gasteiger partial charge in [0.05, 0.1) is 18.5 Å². The van der Waals surface area contributed by atoms with E-state index in [4.69, 9.17) is 9.84 Å². The number of carbonyl (C=O) groups is 1. The summed E-state index contributed by atoms with van der Waals surface area (Å²) < 4.78 is 7.34. The molecule has 1 atom stereocenters. The highest BCUT2D eigenvalue weighted by Gasteiger charge is 2.25. The van der Waals surface area contributed by atoms with Crippen LogP contribution in [0, 0.1) is 0 Å². The van der Waals surface area contributed by atoms with E-state index >= 15 is 0 Å². The molecule has 150 valence electrons. The van der Waals surface area contributed by atoms with Crippen molar-refractivity contribution >= 4 is 5.91 Å². The Hall–Kier alpha value is -3.12. The van der Waals surface area contributed by atoms with E-state index in [9.17, 15) is 4.79 Å². The molecule has 0 unspecified atom stereocenters. The predicted molar refractivity (Wildman–Crippen MR) is 113 cm³/mol. The van der Waals surface area contributed by atoms with E-state index in [1.54, 1.807) is 14.0 Å². The molecule has 1 saturated heterocycles. The third-order valence-corrected chi connectivity index (χ3v) is 5.23. The molecule has 1 aliphatic heterocycles. The van der Waals surface area contributed by atoms with Gasteiger partial charge in [-0.3, -0.25) is 9.69 Å². The van der Waals surface area contributed by atoms with E-state index in [0.717, 1.165) is 54.3 Å². The zero-order chi connectivity index (χ0) is 20.2. The lowest BCUT2D eigenvalue weighted by atomic mass is 10.1. The Balaban J connectivity index is 1.64. The van der Waals surface area contributed by atoms with Crippen LogP contribution in [0.3, 0.4) is 0 Å². The molecule has 0 aliphatic carbocycles. The van der Waals surface area contributed by atoms with Gasteiger partial charge >= 0.3 is 0 Å². The maximum absolute atomic E-state index is 11.4. The highest BCUT2D eigenvalue weighted by atomic mass is 16.5. The number of likely N-dealkylation sites (tertiary alicyclic amines) is 1. The Labute approximate surface area is 171 Å². The lowest BCUT2D eigenvalue weighted by Gasteiger charge is -2.16. The zero-order valence-electron chi connectivity index (χ0n) is 16.8. The molecule has 0 bridgehead atoms. The number of methoxy groups -OCH3 is 1. The Morgan fingerprint density at radius 1 is 1.21 bits per heavy atom. The number of amides is 1. The lowest BCUT2D eigenvalue weighted by molar-refractivity contribution is -0.119. The molecule has 1 aliphatic rings. The first-order valence-electron chi connectivity index (χ1n) is 9.90. The highest BCUT2D eigenvalue weighted by Crippen LogP contribution is 2.28. The van der Waals surface area contributed by atoms with Crippen molar-refractivity contribution in [3.05, 3.63) is 66.4 Å². The van der Waals surface area contributed by atoms with Crippen LogP contribution in [0.15, 0.2) is 60.8 Å². The molecule has 1 fully saturated rings. The highest BCUT2D eigenvalue weighted by molar-refractivity contribution is 5.73. The van der Waals surface area contributed by atoms with E-state index < -0.39 is 0 Å². The maximum atomic E-state index is 11.4. The molecule has 6 heteroatoms. The second-order valence-electron chi connectivity index (χ2n) is 7.44. The van der Waals surface area contributed by atoms with E-state index in [0.29, 0.717) is 0 Å². The number of hydrogen-bond acceptors (Lipinski definition) is 4. The van der Waals surface area contributed by atoms with Crippen molar-refractivity contribution < 1.29 is 9.53 Å². The van der Waals surface area contributed by atoms with Crippen molar-refractivity contribution in [2.75, 3.05) is 20.2 Å². The van der Waals surface area contributed by atoms with E-state index in [-0.39, 0.29) is 11.9 Å². The summed E-state index contributed by atoms with van der Waals surface area (Å²) in [6.07, 6.45) is 3.08. The number of rotatable bonds is 6. The normalized spacial score (nSPS) is 16.7. The minimum absolute atomic E-state index is 0.0332. The maximum Gasteiger partial charge on any atom is 0.217 e. The van der Waals surface area contributed by atoms with Crippen LogP contribution in [-0.2, 0) is 11.3 Å². The van der Waals surface area contributed by atoms with Crippen LogP contribution >= 0.6 is 0 Å². The fourth-order valence-corrected chi connectivity index (χ4v) is 3.87. The molecule has 3 aromatic rings. The summed E-state index contributed by atoms with van der Waals surface area (Å²) in [6, 6.07) is 18.4. The Kier molecular flexibility index (Phi) is 5.62. The van der Waals surface area contributed by atoms with Gasteiger partial charge in [0.25, 0.3) is 0 Å². The van der Waals surface area contributed by atoms with Gasteiger partial charge in [-0.15, -0.1) is 0 Å². The summed E-state index contributed by atoms with van der Waals surface area (Å²) in [4.78, 5) is 13.7. The van der Waals surface area contributed by atoms with Gasteiger partial charge in [0, 0.05) is 49.9 Å². The minimum atomic E-state index is 0.0332. The van der Waals surface area contributed by atoms with Crippen LogP contribution in [0.2, 0.25) is 0 Å². The van der Waals surface area contributed by atoms with E-state index in [1.165, 1.54) is 0 Å². The van der Waals surface area contributed by atoms with Crippen LogP contribution in [0.4, 0.5) is 0 Å². The summed E-state index contributed by atoms with van der Waals surface area (Å²) in [5.41, 5.74) is 4.17. The van der Waals surface area contributed by atoms with Gasteiger partial charge in [-0.05, 0) is 30.7 Å². The van der Waals surface area contributed by atoms with Crippen molar-refractivity contribution in [2.45, 2.75) is 25.9 Å². The second kappa shape index (κ2) is 8.49. The van der Waals surface area contributed by atoms with Crippen LogP contribution in [-0.4, -0.2) is 46.8 Å². The van der Waals surface area contributed by atoms with Gasteiger partial charge < -0.3 is 10.1 Å². The van der Waals surface area contributed by atoms with Crippen molar-refractivity contribution in [1.29, 1.82) is 0 Å². The lowest BCUT2D eigenvalue weighted by Crippen LogP contribution is -2.35. The molecule has 6 nitrogen and oxygen atoms in total. The molecule has 1 amide bonds. The first kappa shape index (κ1) is 19.2. The summed E-state index contributed by atoms with van der Waals surface area (Å²) in [5.74, 6) is 0.848. The third-order valence-electron chi connectivity index (χ3n) is 5.23. The van der Waals surface area contributed by atoms with Crippen molar-refractivity contribution in [1.82, 2.24) is 20.0 Å². The van der Waals surface area contributed by atoms with Gasteiger partial charge in [-0.25, -0.2) is 4.68 Å². The molecule has 0 saturated carbocycles. The number of hydrogen-bond donors (Lipinski definition) is 1. The fraction of sp³-hybridized carbons (Fsp3) is 0.304. The average molecular weight is 390 g/mol. The number of nitrogens with one attached hydrogen (secondary N) is 1. The predicted octanol–water partition coefficient (Wildman–Crippen LogP) is 3.26. The first-order chi connectivity index (χ1) is 14.1. The Morgan fingerprint density at radius 3 is 2.79 bits per heavy atom. The topological polar surface area (TPSA) is 59.4 Å². The van der Waals surface area contributed by atoms with Crippen LogP contribution < -0.4 is 10.1 Å². The quantitative estimate of drug-likeness (QED) is 0.702. The van der Waals surface area contributed by atoms with Crippen LogP contribution in [0.1, 0.15) is 18.9 Å². The summed E-state index contributed by atoms with van der Waals surface area (Å²) in [5, 5.41) is 7.93. The number of benzene rings is 2. The number of ether oxygens (including phenoxy) is 1. The Morgan fingerprint density at radius 2 is 2.03 bits per heavy atom. The summed E-state index contributed by atoms with van der Waals surface area (Å²) >= 11 is 0. The molecular formula is C23H26N4O2. The molecule has 1 aromatic heterocycles. The molecule has 29 heavy (non-hydrogen) atoms. The Bertz CT molecular complexity index is 984. The van der Waals surface area contributed by atoms with Gasteiger partial charge in [0.2, 0.25) is 5.91 Å². The van der Waals surface area contributed by atoms with Crippen LogP contribution in [0.5, 0.6) is 5.75 Å². The largest absolute Gasteiger partial charge is 0.497 e. The molecule has 2 aromatic carbocycles. The molecule has 0 radical (unpaired) electrons.